The smallest absolute Gasteiger partial charge is 0.193 e. The summed E-state index contributed by atoms with van der Waals surface area (Å²) in [5.74, 6) is 0.644. The largest absolute Gasteiger partial charge is 0.461 e. The maximum Gasteiger partial charge on any atom is 0.193 e. The number of benzene rings is 2. The van der Waals surface area contributed by atoms with Gasteiger partial charge in [-0.05, 0) is 23.4 Å². The van der Waals surface area contributed by atoms with Crippen molar-refractivity contribution in [3.63, 3.8) is 0 Å². The van der Waals surface area contributed by atoms with Crippen LogP contribution in [0.5, 0.6) is 0 Å². The number of rotatable bonds is 2. The lowest BCUT2D eigenvalue weighted by molar-refractivity contribution is 0.537. The first kappa shape index (κ1) is 13.6. The van der Waals surface area contributed by atoms with Crippen molar-refractivity contribution in [2.45, 2.75) is 6.42 Å². The van der Waals surface area contributed by atoms with Gasteiger partial charge in [0.1, 0.15) is 11.3 Å². The van der Waals surface area contributed by atoms with Crippen LogP contribution in [0.15, 0.2) is 51.7 Å². The van der Waals surface area contributed by atoms with Crippen molar-refractivity contribution in [1.29, 1.82) is 0 Å². The van der Waals surface area contributed by atoms with Crippen molar-refractivity contribution in [3.8, 4) is 0 Å². The van der Waals surface area contributed by atoms with Crippen molar-refractivity contribution in [2.24, 2.45) is 5.73 Å². The van der Waals surface area contributed by atoms with E-state index in [4.69, 9.17) is 10.2 Å². The molecule has 0 saturated carbocycles. The number of halogens is 1. The molecule has 0 atom stereocenters. The molecule has 0 fully saturated rings. The predicted molar refractivity (Wildman–Crippen MR) is 80.0 cm³/mol. The Bertz CT molecular complexity index is 780. The Morgan fingerprint density at radius 2 is 1.89 bits per heavy atom. The van der Waals surface area contributed by atoms with Gasteiger partial charge in [-0.25, -0.2) is 0 Å². The molecule has 0 radical (unpaired) electrons. The molecule has 1 heterocycles. The Labute approximate surface area is 116 Å². The molecule has 4 heteroatoms. The average Bonchev–Trinajstić information content (AvgIpc) is 2.38. The summed E-state index contributed by atoms with van der Waals surface area (Å²) in [6.07, 6.45) is 0.581. The predicted octanol–water partition coefficient (Wildman–Crippen LogP) is 2.87. The topological polar surface area (TPSA) is 56.2 Å². The van der Waals surface area contributed by atoms with E-state index >= 15 is 0 Å². The molecule has 1 aromatic heterocycles. The van der Waals surface area contributed by atoms with Gasteiger partial charge in [-0.15, -0.1) is 12.4 Å². The maximum absolute atomic E-state index is 12.2. The third-order valence-corrected chi connectivity index (χ3v) is 3.06. The molecule has 2 N–H and O–H groups in total. The standard InChI is InChI=1S/C15H13NO2.ClH/c16-8-7-11-9-13(17)15-12-4-2-1-3-10(12)5-6-14(15)18-11;/h1-6,9H,7-8,16H2;1H. The molecule has 3 rings (SSSR count). The summed E-state index contributed by atoms with van der Waals surface area (Å²) in [5.41, 5.74) is 6.11. The normalized spacial score (nSPS) is 10.6. The second-order valence-corrected chi connectivity index (χ2v) is 4.28. The van der Waals surface area contributed by atoms with Crippen molar-refractivity contribution in [3.05, 3.63) is 58.4 Å². The monoisotopic (exact) mass is 275 g/mol. The SMILES string of the molecule is Cl.NCCc1cc(=O)c2c(ccc3ccccc32)o1. The van der Waals surface area contributed by atoms with Crippen LogP contribution in [-0.2, 0) is 6.42 Å². The Balaban J connectivity index is 0.00000133. The van der Waals surface area contributed by atoms with E-state index in [1.165, 1.54) is 0 Å². The first-order valence-electron chi connectivity index (χ1n) is 5.94. The second-order valence-electron chi connectivity index (χ2n) is 4.28. The van der Waals surface area contributed by atoms with Crippen LogP contribution >= 0.6 is 12.4 Å². The van der Waals surface area contributed by atoms with Crippen LogP contribution in [0.3, 0.4) is 0 Å². The van der Waals surface area contributed by atoms with Gasteiger partial charge in [0.2, 0.25) is 0 Å². The molecule has 0 aliphatic rings. The summed E-state index contributed by atoms with van der Waals surface area (Å²) < 4.78 is 5.71. The minimum absolute atomic E-state index is 0. The molecule has 19 heavy (non-hydrogen) atoms. The van der Waals surface area contributed by atoms with Gasteiger partial charge in [-0.1, -0.05) is 30.3 Å². The molecule has 0 amide bonds. The zero-order valence-electron chi connectivity index (χ0n) is 10.3. The third-order valence-electron chi connectivity index (χ3n) is 3.06. The molecule has 0 saturated heterocycles. The van der Waals surface area contributed by atoms with E-state index in [2.05, 4.69) is 0 Å². The van der Waals surface area contributed by atoms with E-state index < -0.39 is 0 Å². The van der Waals surface area contributed by atoms with Gasteiger partial charge in [0.25, 0.3) is 0 Å². The van der Waals surface area contributed by atoms with E-state index in [1.807, 2.05) is 36.4 Å². The minimum atomic E-state index is -0.00324. The fraction of sp³-hybridized carbons (Fsp3) is 0.133. The quantitative estimate of drug-likeness (QED) is 0.732. The summed E-state index contributed by atoms with van der Waals surface area (Å²) in [6, 6.07) is 13.2. The van der Waals surface area contributed by atoms with Crippen molar-refractivity contribution in [1.82, 2.24) is 0 Å². The molecular formula is C15H14ClNO2. The van der Waals surface area contributed by atoms with E-state index in [0.29, 0.717) is 29.7 Å². The fourth-order valence-electron chi connectivity index (χ4n) is 2.25. The lowest BCUT2D eigenvalue weighted by atomic mass is 10.1. The summed E-state index contributed by atoms with van der Waals surface area (Å²) in [6.45, 7) is 0.474. The molecule has 0 bridgehead atoms. The number of hydrogen-bond donors (Lipinski definition) is 1. The molecule has 3 aromatic rings. The van der Waals surface area contributed by atoms with E-state index in [1.54, 1.807) is 6.07 Å². The Morgan fingerprint density at radius 3 is 2.68 bits per heavy atom. The van der Waals surface area contributed by atoms with Crippen LogP contribution in [0.2, 0.25) is 0 Å². The highest BCUT2D eigenvalue weighted by Crippen LogP contribution is 2.23. The van der Waals surface area contributed by atoms with Crippen molar-refractivity contribution < 1.29 is 4.42 Å². The van der Waals surface area contributed by atoms with Gasteiger partial charge < -0.3 is 10.2 Å². The van der Waals surface area contributed by atoms with Crippen LogP contribution in [0.1, 0.15) is 5.76 Å². The highest BCUT2D eigenvalue weighted by Gasteiger charge is 2.07. The fourth-order valence-corrected chi connectivity index (χ4v) is 2.25. The number of nitrogens with two attached hydrogens (primary N) is 1. The van der Waals surface area contributed by atoms with Gasteiger partial charge in [0.05, 0.1) is 5.39 Å². The maximum atomic E-state index is 12.2. The summed E-state index contributed by atoms with van der Waals surface area (Å²) in [4.78, 5) is 12.2. The van der Waals surface area contributed by atoms with Crippen LogP contribution in [0.25, 0.3) is 21.7 Å². The Hall–Kier alpha value is -1.84. The van der Waals surface area contributed by atoms with Gasteiger partial charge >= 0.3 is 0 Å². The van der Waals surface area contributed by atoms with Crippen LogP contribution in [0, 0.1) is 0 Å². The first-order chi connectivity index (χ1) is 8.79. The molecule has 0 aliphatic heterocycles. The lowest BCUT2D eigenvalue weighted by Gasteiger charge is -2.04. The van der Waals surface area contributed by atoms with Crippen molar-refractivity contribution in [2.75, 3.05) is 6.54 Å². The molecule has 98 valence electrons. The summed E-state index contributed by atoms with van der Waals surface area (Å²) >= 11 is 0. The van der Waals surface area contributed by atoms with Crippen LogP contribution < -0.4 is 11.2 Å². The molecule has 0 unspecified atom stereocenters. The van der Waals surface area contributed by atoms with Crippen LogP contribution in [-0.4, -0.2) is 6.54 Å². The second kappa shape index (κ2) is 5.43. The third kappa shape index (κ3) is 2.35. The zero-order chi connectivity index (χ0) is 12.5. The summed E-state index contributed by atoms with van der Waals surface area (Å²) in [7, 11) is 0. The number of hydrogen-bond acceptors (Lipinski definition) is 3. The molecular weight excluding hydrogens is 262 g/mol. The molecule has 2 aromatic carbocycles. The highest BCUT2D eigenvalue weighted by molar-refractivity contribution is 6.05. The van der Waals surface area contributed by atoms with Gasteiger partial charge in [0.15, 0.2) is 5.43 Å². The number of fused-ring (bicyclic) bond motifs is 3. The molecule has 0 spiro atoms. The Kier molecular flexibility index (Phi) is 3.88. The van der Waals surface area contributed by atoms with E-state index in [-0.39, 0.29) is 17.8 Å². The minimum Gasteiger partial charge on any atom is -0.461 e. The van der Waals surface area contributed by atoms with Crippen molar-refractivity contribution >= 4 is 34.1 Å². The first-order valence-corrected chi connectivity index (χ1v) is 5.94. The van der Waals surface area contributed by atoms with Gasteiger partial charge in [-0.2, -0.15) is 0 Å². The highest BCUT2D eigenvalue weighted by atomic mass is 35.5. The Morgan fingerprint density at radius 1 is 1.11 bits per heavy atom. The lowest BCUT2D eigenvalue weighted by Crippen LogP contribution is -2.07. The summed E-state index contributed by atoms with van der Waals surface area (Å²) in [5, 5.41) is 2.63. The van der Waals surface area contributed by atoms with Crippen LogP contribution in [0.4, 0.5) is 0 Å². The van der Waals surface area contributed by atoms with E-state index in [0.717, 1.165) is 10.8 Å². The zero-order valence-corrected chi connectivity index (χ0v) is 11.1. The van der Waals surface area contributed by atoms with E-state index in [9.17, 15) is 4.79 Å². The molecule has 3 nitrogen and oxygen atoms in total. The van der Waals surface area contributed by atoms with Gasteiger partial charge in [-0.3, -0.25) is 4.79 Å². The van der Waals surface area contributed by atoms with Gasteiger partial charge in [0, 0.05) is 12.5 Å². The average molecular weight is 276 g/mol. The molecule has 0 aliphatic carbocycles.